The summed E-state index contributed by atoms with van der Waals surface area (Å²) in [5, 5.41) is 9.48. The quantitative estimate of drug-likeness (QED) is 0.552. The Morgan fingerprint density at radius 3 is 2.68 bits per heavy atom. The number of nitrogens with zero attached hydrogens (tertiary/aromatic N) is 5. The summed E-state index contributed by atoms with van der Waals surface area (Å²) in [4.78, 5) is 20.8. The number of hydrogen-bond acceptors (Lipinski definition) is 6. The minimum Gasteiger partial charge on any atom is -0.378 e. The molecular weight excluding hydrogens is 356 g/mol. The lowest BCUT2D eigenvalue weighted by Crippen LogP contribution is -2.36. The molecule has 8 nitrogen and oxygen atoms in total. The molecule has 1 aromatic carbocycles. The molecule has 140 valence electrons. The third kappa shape index (κ3) is 2.93. The van der Waals surface area contributed by atoms with Crippen molar-refractivity contribution in [3.63, 3.8) is 0 Å². The number of morpholine rings is 1. The molecule has 0 atom stereocenters. The lowest BCUT2D eigenvalue weighted by atomic mass is 10.2. The lowest BCUT2D eigenvalue weighted by Gasteiger charge is -2.25. The number of carbonyl (C=O) groups excluding carboxylic acids is 1. The van der Waals surface area contributed by atoms with Gasteiger partial charge >= 0.3 is 0 Å². The molecule has 4 aromatic rings. The van der Waals surface area contributed by atoms with Crippen molar-refractivity contribution in [3.05, 3.63) is 54.4 Å². The maximum atomic E-state index is 10.9. The summed E-state index contributed by atoms with van der Waals surface area (Å²) in [6, 6.07) is 11.8. The molecule has 4 heterocycles. The number of aromatic nitrogens is 5. The van der Waals surface area contributed by atoms with Crippen LogP contribution in [0.5, 0.6) is 0 Å². The van der Waals surface area contributed by atoms with Crippen LogP contribution in [0.15, 0.2) is 48.8 Å². The van der Waals surface area contributed by atoms with E-state index >= 15 is 0 Å². The van der Waals surface area contributed by atoms with E-state index in [4.69, 9.17) is 4.74 Å². The van der Waals surface area contributed by atoms with Gasteiger partial charge in [-0.05, 0) is 36.4 Å². The fourth-order valence-corrected chi connectivity index (χ4v) is 3.39. The van der Waals surface area contributed by atoms with Crippen LogP contribution in [-0.4, -0.2) is 57.3 Å². The maximum absolute atomic E-state index is 10.9. The van der Waals surface area contributed by atoms with E-state index in [1.54, 1.807) is 6.20 Å². The number of aldehydes is 1. The van der Waals surface area contributed by atoms with Crippen molar-refractivity contribution in [2.45, 2.75) is 0 Å². The van der Waals surface area contributed by atoms with Gasteiger partial charge < -0.3 is 19.2 Å². The number of H-pyrrole nitrogens is 1. The van der Waals surface area contributed by atoms with E-state index in [1.807, 2.05) is 47.2 Å². The number of aromatic amines is 1. The second-order valence-corrected chi connectivity index (χ2v) is 6.63. The Hall–Kier alpha value is -3.52. The summed E-state index contributed by atoms with van der Waals surface area (Å²) in [6.45, 7) is 3.04. The number of anilines is 1. The van der Waals surface area contributed by atoms with Gasteiger partial charge in [0.1, 0.15) is 5.65 Å². The molecule has 5 rings (SSSR count). The molecule has 0 aliphatic carbocycles. The summed E-state index contributed by atoms with van der Waals surface area (Å²) in [7, 11) is 0. The highest BCUT2D eigenvalue weighted by atomic mass is 16.5. The Kier molecular flexibility index (Phi) is 4.10. The van der Waals surface area contributed by atoms with Crippen LogP contribution < -0.4 is 4.90 Å². The van der Waals surface area contributed by atoms with E-state index in [0.29, 0.717) is 18.8 Å². The van der Waals surface area contributed by atoms with Crippen LogP contribution in [0.4, 0.5) is 5.95 Å². The van der Waals surface area contributed by atoms with Crippen molar-refractivity contribution in [1.29, 1.82) is 0 Å². The number of rotatable bonds is 4. The molecule has 1 N–H and O–H groups in total. The van der Waals surface area contributed by atoms with Gasteiger partial charge in [0.25, 0.3) is 0 Å². The van der Waals surface area contributed by atoms with Crippen LogP contribution in [0.1, 0.15) is 10.4 Å². The summed E-state index contributed by atoms with van der Waals surface area (Å²) < 4.78 is 7.37. The van der Waals surface area contributed by atoms with E-state index in [1.165, 1.54) is 0 Å². The van der Waals surface area contributed by atoms with Crippen molar-refractivity contribution in [2.75, 3.05) is 31.2 Å². The predicted molar refractivity (Wildman–Crippen MR) is 105 cm³/mol. The molecule has 1 aliphatic rings. The van der Waals surface area contributed by atoms with Gasteiger partial charge in [0, 0.05) is 47.7 Å². The Labute approximate surface area is 160 Å². The molecule has 0 radical (unpaired) electrons. The maximum Gasteiger partial charge on any atom is 0.225 e. The van der Waals surface area contributed by atoms with Crippen molar-refractivity contribution in [2.24, 2.45) is 0 Å². The lowest BCUT2D eigenvalue weighted by molar-refractivity contribution is 0.112. The molecule has 1 saturated heterocycles. The van der Waals surface area contributed by atoms with Gasteiger partial charge in [0.15, 0.2) is 12.1 Å². The summed E-state index contributed by atoms with van der Waals surface area (Å²) >= 11 is 0. The molecule has 0 saturated carbocycles. The second-order valence-electron chi connectivity index (χ2n) is 6.63. The summed E-state index contributed by atoms with van der Waals surface area (Å²) in [6.07, 6.45) is 4.34. The van der Waals surface area contributed by atoms with E-state index in [2.05, 4.69) is 25.1 Å². The third-order valence-corrected chi connectivity index (χ3v) is 4.89. The summed E-state index contributed by atoms with van der Waals surface area (Å²) in [5.41, 5.74) is 3.33. The highest BCUT2D eigenvalue weighted by Crippen LogP contribution is 2.23. The first-order valence-electron chi connectivity index (χ1n) is 9.10. The van der Waals surface area contributed by atoms with E-state index in [-0.39, 0.29) is 0 Å². The van der Waals surface area contributed by atoms with Gasteiger partial charge in [-0.15, -0.1) is 10.2 Å². The Balaban J connectivity index is 1.42. The molecule has 1 aliphatic heterocycles. The number of carbonyl (C=O) groups is 1. The fraction of sp³-hybridized carbons (Fsp3) is 0.200. The average Bonchev–Trinajstić information content (AvgIpc) is 3.41. The first kappa shape index (κ1) is 16.6. The van der Waals surface area contributed by atoms with Crippen LogP contribution in [-0.2, 0) is 4.74 Å². The van der Waals surface area contributed by atoms with Crippen molar-refractivity contribution >= 4 is 23.3 Å². The fourth-order valence-electron chi connectivity index (χ4n) is 3.39. The number of hydrogen-bond donors (Lipinski definition) is 1. The third-order valence-electron chi connectivity index (χ3n) is 4.89. The van der Waals surface area contributed by atoms with Gasteiger partial charge in [-0.25, -0.2) is 4.98 Å². The zero-order valence-corrected chi connectivity index (χ0v) is 15.1. The Bertz CT molecular complexity index is 1130. The topological polar surface area (TPSA) is 88.9 Å². The van der Waals surface area contributed by atoms with Crippen LogP contribution in [0.25, 0.3) is 28.1 Å². The standard InChI is InChI=1S/C20H18N6O2/c27-13-14-11-16-5-6-26(19(16)21-12-14)17-3-1-15(2-4-17)18-22-20(24-23-18)25-7-9-28-10-8-25/h1-6,11-13H,7-10H2,(H,22,23,24). The normalized spacial score (nSPS) is 14.5. The van der Waals surface area contributed by atoms with Crippen LogP contribution in [0.3, 0.4) is 0 Å². The smallest absolute Gasteiger partial charge is 0.225 e. The van der Waals surface area contributed by atoms with Crippen molar-refractivity contribution < 1.29 is 9.53 Å². The van der Waals surface area contributed by atoms with Gasteiger partial charge in [0.2, 0.25) is 5.95 Å². The Morgan fingerprint density at radius 2 is 1.89 bits per heavy atom. The number of pyridine rings is 1. The monoisotopic (exact) mass is 374 g/mol. The average molecular weight is 374 g/mol. The zero-order chi connectivity index (χ0) is 18.9. The van der Waals surface area contributed by atoms with E-state index < -0.39 is 0 Å². The van der Waals surface area contributed by atoms with Gasteiger partial charge in [-0.3, -0.25) is 4.79 Å². The highest BCUT2D eigenvalue weighted by molar-refractivity contribution is 5.85. The predicted octanol–water partition coefficient (Wildman–Crippen LogP) is 2.46. The molecular formula is C20H18N6O2. The molecule has 0 amide bonds. The van der Waals surface area contributed by atoms with Crippen LogP contribution in [0, 0.1) is 0 Å². The molecule has 0 unspecified atom stereocenters. The van der Waals surface area contributed by atoms with Gasteiger partial charge in [-0.1, -0.05) is 0 Å². The van der Waals surface area contributed by atoms with Crippen molar-refractivity contribution in [3.8, 4) is 17.1 Å². The largest absolute Gasteiger partial charge is 0.378 e. The minimum absolute atomic E-state index is 0.571. The molecule has 0 spiro atoms. The first-order chi connectivity index (χ1) is 13.8. The van der Waals surface area contributed by atoms with Gasteiger partial charge in [-0.2, -0.15) is 0 Å². The first-order valence-corrected chi connectivity index (χ1v) is 9.10. The number of nitrogens with one attached hydrogen (secondary N) is 1. The second kappa shape index (κ2) is 6.90. The van der Waals surface area contributed by atoms with E-state index in [9.17, 15) is 4.79 Å². The number of ether oxygens (including phenoxy) is 1. The Morgan fingerprint density at radius 1 is 1.07 bits per heavy atom. The molecule has 3 aromatic heterocycles. The van der Waals surface area contributed by atoms with Gasteiger partial charge in [0.05, 0.1) is 13.2 Å². The molecule has 1 fully saturated rings. The SMILES string of the molecule is O=Cc1cnc2c(ccn2-c2ccc(-c3nnc(N4CCOCC4)[nH]3)cc2)c1. The number of fused-ring (bicyclic) bond motifs is 1. The molecule has 28 heavy (non-hydrogen) atoms. The van der Waals surface area contributed by atoms with Crippen LogP contribution in [0.2, 0.25) is 0 Å². The minimum atomic E-state index is 0.571. The molecule has 0 bridgehead atoms. The highest BCUT2D eigenvalue weighted by Gasteiger charge is 2.15. The van der Waals surface area contributed by atoms with Crippen molar-refractivity contribution in [1.82, 2.24) is 24.7 Å². The summed E-state index contributed by atoms with van der Waals surface area (Å²) in [5.74, 6) is 1.51. The molecule has 8 heteroatoms. The van der Waals surface area contributed by atoms with E-state index in [0.717, 1.165) is 53.4 Å². The zero-order valence-electron chi connectivity index (χ0n) is 15.1. The number of benzene rings is 1. The van der Waals surface area contributed by atoms with Crippen LogP contribution >= 0.6 is 0 Å².